The van der Waals surface area contributed by atoms with E-state index in [0.717, 1.165) is 29.0 Å². The summed E-state index contributed by atoms with van der Waals surface area (Å²) < 4.78 is 3.16. The van der Waals surface area contributed by atoms with Gasteiger partial charge in [0.1, 0.15) is 11.6 Å². The van der Waals surface area contributed by atoms with Crippen LogP contribution in [0.1, 0.15) is 17.2 Å². The number of nitrogens with zero attached hydrogens (tertiary/aromatic N) is 3. The number of hydrogen-bond acceptors (Lipinski definition) is 2. The lowest BCUT2D eigenvalue weighted by atomic mass is 10.1. The van der Waals surface area contributed by atoms with Gasteiger partial charge in [-0.1, -0.05) is 28.1 Å². The summed E-state index contributed by atoms with van der Waals surface area (Å²) in [6.07, 6.45) is 1.92. The van der Waals surface area contributed by atoms with Crippen molar-refractivity contribution in [3.8, 4) is 0 Å². The fourth-order valence-corrected chi connectivity index (χ4v) is 2.06. The summed E-state index contributed by atoms with van der Waals surface area (Å²) in [5.74, 6) is 2.00. The molecule has 2 aromatic rings. The van der Waals surface area contributed by atoms with Crippen LogP contribution in [0.4, 0.5) is 0 Å². The van der Waals surface area contributed by atoms with Gasteiger partial charge in [-0.3, -0.25) is 0 Å². The average Bonchev–Trinajstić information content (AvgIpc) is 2.57. The Kier molecular flexibility index (Phi) is 3.39. The van der Waals surface area contributed by atoms with Crippen LogP contribution in [0.5, 0.6) is 0 Å². The van der Waals surface area contributed by atoms with Crippen LogP contribution < -0.4 is 0 Å². The van der Waals surface area contributed by atoms with Gasteiger partial charge in [-0.25, -0.2) is 0 Å². The molecule has 1 aromatic carbocycles. The zero-order chi connectivity index (χ0) is 11.5. The third-order valence-corrected chi connectivity index (χ3v) is 3.20. The summed E-state index contributed by atoms with van der Waals surface area (Å²) >= 11 is 3.47. The molecule has 0 aliphatic carbocycles. The molecule has 0 saturated carbocycles. The molecule has 0 fully saturated rings. The molecule has 0 amide bonds. The molecular weight excluding hydrogens is 266 g/mol. The van der Waals surface area contributed by atoms with E-state index in [0.29, 0.717) is 0 Å². The van der Waals surface area contributed by atoms with Gasteiger partial charge in [0.05, 0.1) is 0 Å². The van der Waals surface area contributed by atoms with Crippen molar-refractivity contribution in [2.24, 2.45) is 7.05 Å². The number of aryl methyl sites for hydroxylation is 3. The highest BCUT2D eigenvalue weighted by Gasteiger charge is 2.04. The largest absolute Gasteiger partial charge is 0.318 e. The minimum Gasteiger partial charge on any atom is -0.318 e. The first-order chi connectivity index (χ1) is 7.66. The molecule has 0 unspecified atom stereocenters. The first-order valence-electron chi connectivity index (χ1n) is 5.26. The fraction of sp³-hybridized carbons (Fsp3) is 0.333. The van der Waals surface area contributed by atoms with Crippen molar-refractivity contribution < 1.29 is 0 Å². The van der Waals surface area contributed by atoms with E-state index in [1.165, 1.54) is 5.56 Å². The van der Waals surface area contributed by atoms with E-state index in [2.05, 4.69) is 44.3 Å². The highest BCUT2D eigenvalue weighted by molar-refractivity contribution is 9.10. The Balaban J connectivity index is 2.05. The van der Waals surface area contributed by atoms with Crippen molar-refractivity contribution in [2.45, 2.75) is 19.8 Å². The smallest absolute Gasteiger partial charge is 0.133 e. The van der Waals surface area contributed by atoms with E-state index >= 15 is 0 Å². The van der Waals surface area contributed by atoms with Gasteiger partial charge < -0.3 is 4.57 Å². The molecular formula is C12H14BrN3. The molecule has 0 bridgehead atoms. The van der Waals surface area contributed by atoms with Crippen LogP contribution in [0.2, 0.25) is 0 Å². The Morgan fingerprint density at radius 3 is 2.69 bits per heavy atom. The van der Waals surface area contributed by atoms with Gasteiger partial charge in [-0.2, -0.15) is 0 Å². The maximum absolute atomic E-state index is 4.15. The van der Waals surface area contributed by atoms with Crippen molar-refractivity contribution in [2.75, 3.05) is 0 Å². The summed E-state index contributed by atoms with van der Waals surface area (Å²) in [7, 11) is 2.01. The molecule has 84 valence electrons. The van der Waals surface area contributed by atoms with Gasteiger partial charge in [0.25, 0.3) is 0 Å². The van der Waals surface area contributed by atoms with Gasteiger partial charge in [-0.05, 0) is 31.0 Å². The van der Waals surface area contributed by atoms with E-state index in [-0.39, 0.29) is 0 Å². The van der Waals surface area contributed by atoms with Gasteiger partial charge in [0, 0.05) is 17.9 Å². The Hall–Kier alpha value is -1.16. The van der Waals surface area contributed by atoms with Crippen LogP contribution in [0.3, 0.4) is 0 Å². The quantitative estimate of drug-likeness (QED) is 0.865. The predicted molar refractivity (Wildman–Crippen MR) is 67.3 cm³/mol. The summed E-state index contributed by atoms with van der Waals surface area (Å²) in [5, 5.41) is 8.20. The van der Waals surface area contributed by atoms with Crippen molar-refractivity contribution in [3.05, 3.63) is 46.0 Å². The minimum atomic E-state index is 0.924. The SMILES string of the molecule is Cc1nnc(CCc2cccc(Br)c2)n1C. The van der Waals surface area contributed by atoms with Crippen molar-refractivity contribution >= 4 is 15.9 Å². The highest BCUT2D eigenvalue weighted by atomic mass is 79.9. The number of benzene rings is 1. The molecule has 3 nitrogen and oxygen atoms in total. The fourth-order valence-electron chi connectivity index (χ4n) is 1.62. The van der Waals surface area contributed by atoms with Gasteiger partial charge in [0.2, 0.25) is 0 Å². The van der Waals surface area contributed by atoms with Gasteiger partial charge in [-0.15, -0.1) is 10.2 Å². The van der Waals surface area contributed by atoms with E-state index in [1.54, 1.807) is 0 Å². The van der Waals surface area contributed by atoms with Crippen LogP contribution in [-0.4, -0.2) is 14.8 Å². The zero-order valence-electron chi connectivity index (χ0n) is 9.44. The normalized spacial score (nSPS) is 10.7. The number of aromatic nitrogens is 3. The molecule has 0 radical (unpaired) electrons. The molecule has 4 heteroatoms. The minimum absolute atomic E-state index is 0.924. The predicted octanol–water partition coefficient (Wildman–Crippen LogP) is 2.67. The summed E-state index contributed by atoms with van der Waals surface area (Å²) in [6.45, 7) is 1.97. The molecule has 0 aliphatic heterocycles. The van der Waals surface area contributed by atoms with Crippen molar-refractivity contribution in [3.63, 3.8) is 0 Å². The van der Waals surface area contributed by atoms with E-state index < -0.39 is 0 Å². The lowest BCUT2D eigenvalue weighted by molar-refractivity contribution is 0.755. The lowest BCUT2D eigenvalue weighted by Gasteiger charge is -2.02. The first-order valence-corrected chi connectivity index (χ1v) is 6.05. The van der Waals surface area contributed by atoms with Crippen molar-refractivity contribution in [1.82, 2.24) is 14.8 Å². The van der Waals surface area contributed by atoms with Gasteiger partial charge in [0.15, 0.2) is 0 Å². The molecule has 16 heavy (non-hydrogen) atoms. The Morgan fingerprint density at radius 1 is 1.25 bits per heavy atom. The van der Waals surface area contributed by atoms with E-state index in [1.807, 2.05) is 24.6 Å². The summed E-state index contributed by atoms with van der Waals surface area (Å²) in [5.41, 5.74) is 1.31. The Morgan fingerprint density at radius 2 is 2.06 bits per heavy atom. The lowest BCUT2D eigenvalue weighted by Crippen LogP contribution is -2.01. The van der Waals surface area contributed by atoms with E-state index in [4.69, 9.17) is 0 Å². The molecule has 0 N–H and O–H groups in total. The molecule has 1 heterocycles. The second kappa shape index (κ2) is 4.78. The molecule has 0 spiro atoms. The standard InChI is InChI=1S/C12H14BrN3/c1-9-14-15-12(16(9)2)7-6-10-4-3-5-11(13)8-10/h3-5,8H,6-7H2,1-2H3. The van der Waals surface area contributed by atoms with Crippen LogP contribution in [0.25, 0.3) is 0 Å². The molecule has 2 rings (SSSR count). The molecule has 1 aromatic heterocycles. The Labute approximate surface area is 104 Å². The monoisotopic (exact) mass is 279 g/mol. The van der Waals surface area contributed by atoms with E-state index in [9.17, 15) is 0 Å². The van der Waals surface area contributed by atoms with Crippen LogP contribution in [-0.2, 0) is 19.9 Å². The van der Waals surface area contributed by atoms with Gasteiger partial charge >= 0.3 is 0 Å². The summed E-state index contributed by atoms with van der Waals surface area (Å²) in [4.78, 5) is 0. The zero-order valence-corrected chi connectivity index (χ0v) is 11.0. The highest BCUT2D eigenvalue weighted by Crippen LogP contribution is 2.13. The third kappa shape index (κ3) is 2.50. The average molecular weight is 280 g/mol. The number of rotatable bonds is 3. The topological polar surface area (TPSA) is 30.7 Å². The van der Waals surface area contributed by atoms with Crippen LogP contribution in [0, 0.1) is 6.92 Å². The first kappa shape index (κ1) is 11.3. The second-order valence-corrected chi connectivity index (χ2v) is 4.77. The number of hydrogen-bond donors (Lipinski definition) is 0. The molecule has 0 atom stereocenters. The molecule has 0 aliphatic rings. The summed E-state index contributed by atoms with van der Waals surface area (Å²) in [6, 6.07) is 8.37. The maximum Gasteiger partial charge on any atom is 0.133 e. The third-order valence-electron chi connectivity index (χ3n) is 2.71. The number of halogens is 1. The Bertz CT molecular complexity index is 491. The maximum atomic E-state index is 4.15. The second-order valence-electron chi connectivity index (χ2n) is 3.85. The van der Waals surface area contributed by atoms with Crippen molar-refractivity contribution in [1.29, 1.82) is 0 Å². The van der Waals surface area contributed by atoms with Crippen LogP contribution in [0.15, 0.2) is 28.7 Å². The molecule has 0 saturated heterocycles. The van der Waals surface area contributed by atoms with Crippen LogP contribution >= 0.6 is 15.9 Å².